The Morgan fingerprint density at radius 3 is 2.40 bits per heavy atom. The number of carbonyl (C=O) groups excluding carboxylic acids is 1. The Balaban J connectivity index is 1.70. The summed E-state index contributed by atoms with van der Waals surface area (Å²) in [6, 6.07) is 15.3. The van der Waals surface area contributed by atoms with Crippen molar-refractivity contribution in [2.45, 2.75) is 31.8 Å². The van der Waals surface area contributed by atoms with Gasteiger partial charge in [0.1, 0.15) is 0 Å². The normalized spacial score (nSPS) is 14.7. The Morgan fingerprint density at radius 2 is 1.80 bits per heavy atom. The molecule has 1 unspecified atom stereocenters. The number of amides is 1. The molecule has 0 bridgehead atoms. The summed E-state index contributed by atoms with van der Waals surface area (Å²) in [5.74, 6) is 1.18. The predicted octanol–water partition coefficient (Wildman–Crippen LogP) is 4.48. The van der Waals surface area contributed by atoms with Gasteiger partial charge in [0, 0.05) is 11.1 Å². The van der Waals surface area contributed by atoms with Crippen molar-refractivity contribution in [3.63, 3.8) is 0 Å². The van der Waals surface area contributed by atoms with E-state index in [0.29, 0.717) is 22.6 Å². The highest BCUT2D eigenvalue weighted by atomic mass is 35.5. The van der Waals surface area contributed by atoms with Crippen molar-refractivity contribution >= 4 is 17.5 Å². The number of hydrogen-bond donors (Lipinski definition) is 0. The Kier molecular flexibility index (Phi) is 5.49. The lowest BCUT2D eigenvalue weighted by Gasteiger charge is -2.30. The van der Waals surface area contributed by atoms with Crippen LogP contribution >= 0.6 is 11.6 Å². The molecule has 2 aromatic rings. The summed E-state index contributed by atoms with van der Waals surface area (Å²) < 4.78 is 11.0. The first-order valence-electron chi connectivity index (χ1n) is 8.42. The lowest BCUT2D eigenvalue weighted by molar-refractivity contribution is -0.136. The van der Waals surface area contributed by atoms with E-state index in [1.165, 1.54) is 0 Å². The van der Waals surface area contributed by atoms with Crippen LogP contribution in [-0.4, -0.2) is 30.6 Å². The Bertz CT molecular complexity index is 728. The van der Waals surface area contributed by atoms with Crippen molar-refractivity contribution in [2.75, 3.05) is 13.7 Å². The molecule has 0 aliphatic heterocycles. The van der Waals surface area contributed by atoms with Crippen LogP contribution in [0.3, 0.4) is 0 Å². The van der Waals surface area contributed by atoms with Crippen molar-refractivity contribution in [1.29, 1.82) is 0 Å². The van der Waals surface area contributed by atoms with E-state index in [2.05, 4.69) is 0 Å². The van der Waals surface area contributed by atoms with Gasteiger partial charge in [-0.15, -0.1) is 0 Å². The molecule has 1 aliphatic rings. The van der Waals surface area contributed by atoms with Gasteiger partial charge in [0.25, 0.3) is 5.91 Å². The van der Waals surface area contributed by atoms with E-state index >= 15 is 0 Å². The van der Waals surface area contributed by atoms with Gasteiger partial charge in [-0.1, -0.05) is 35.9 Å². The fraction of sp³-hybridized carbons (Fsp3) is 0.350. The van der Waals surface area contributed by atoms with E-state index in [-0.39, 0.29) is 18.6 Å². The zero-order chi connectivity index (χ0) is 17.8. The van der Waals surface area contributed by atoms with E-state index in [1.807, 2.05) is 54.3 Å². The number of hydrogen-bond acceptors (Lipinski definition) is 3. The third kappa shape index (κ3) is 4.26. The fourth-order valence-electron chi connectivity index (χ4n) is 2.94. The minimum Gasteiger partial charge on any atom is -0.493 e. The Hall–Kier alpha value is -2.20. The first-order chi connectivity index (χ1) is 12.1. The van der Waals surface area contributed by atoms with Crippen LogP contribution in [0.5, 0.6) is 11.5 Å². The SMILES string of the molecule is COc1ccccc1OCC(=O)N(C1CC1)C(C)c1ccc(Cl)cc1. The van der Waals surface area contributed by atoms with Crippen molar-refractivity contribution < 1.29 is 14.3 Å². The molecule has 1 aliphatic carbocycles. The molecule has 4 nitrogen and oxygen atoms in total. The second kappa shape index (κ2) is 7.79. The number of carbonyl (C=O) groups is 1. The largest absolute Gasteiger partial charge is 0.493 e. The number of nitrogens with zero attached hydrogens (tertiary/aromatic N) is 1. The molecule has 1 amide bonds. The van der Waals surface area contributed by atoms with Crippen molar-refractivity contribution in [2.24, 2.45) is 0 Å². The molecule has 0 N–H and O–H groups in total. The standard InChI is InChI=1S/C20H22ClNO3/c1-14(15-7-9-16(21)10-8-15)22(17-11-12-17)20(23)13-25-19-6-4-3-5-18(19)24-2/h3-10,14,17H,11-13H2,1-2H3. The van der Waals surface area contributed by atoms with Crippen LogP contribution in [0.4, 0.5) is 0 Å². The monoisotopic (exact) mass is 359 g/mol. The highest BCUT2D eigenvalue weighted by Crippen LogP contribution is 2.35. The summed E-state index contributed by atoms with van der Waals surface area (Å²) in [5.41, 5.74) is 1.07. The summed E-state index contributed by atoms with van der Waals surface area (Å²) in [6.45, 7) is 2.04. The topological polar surface area (TPSA) is 38.8 Å². The van der Waals surface area contributed by atoms with Crippen LogP contribution in [0.15, 0.2) is 48.5 Å². The van der Waals surface area contributed by atoms with E-state index in [4.69, 9.17) is 21.1 Å². The highest BCUT2D eigenvalue weighted by Gasteiger charge is 2.36. The van der Waals surface area contributed by atoms with Gasteiger partial charge in [-0.05, 0) is 49.6 Å². The van der Waals surface area contributed by atoms with Crippen molar-refractivity contribution in [1.82, 2.24) is 4.90 Å². The molecule has 3 rings (SSSR count). The van der Waals surface area contributed by atoms with Crippen LogP contribution in [-0.2, 0) is 4.79 Å². The number of ether oxygens (including phenoxy) is 2. The molecule has 1 fully saturated rings. The summed E-state index contributed by atoms with van der Waals surface area (Å²) in [6.07, 6.45) is 2.08. The van der Waals surface area contributed by atoms with Crippen molar-refractivity contribution in [3.8, 4) is 11.5 Å². The summed E-state index contributed by atoms with van der Waals surface area (Å²) in [5, 5.41) is 0.694. The second-order valence-corrected chi connectivity index (χ2v) is 6.64. The Morgan fingerprint density at radius 1 is 1.16 bits per heavy atom. The molecule has 0 radical (unpaired) electrons. The molecule has 25 heavy (non-hydrogen) atoms. The van der Waals surface area contributed by atoms with Crippen molar-refractivity contribution in [3.05, 3.63) is 59.1 Å². The predicted molar refractivity (Wildman–Crippen MR) is 98.2 cm³/mol. The van der Waals surface area contributed by atoms with Gasteiger partial charge in [0.2, 0.25) is 0 Å². The number of benzene rings is 2. The molecule has 132 valence electrons. The van der Waals surface area contributed by atoms with E-state index in [9.17, 15) is 4.79 Å². The van der Waals surface area contributed by atoms with Gasteiger partial charge in [-0.25, -0.2) is 0 Å². The van der Waals surface area contributed by atoms with Gasteiger partial charge >= 0.3 is 0 Å². The van der Waals surface area contributed by atoms with Gasteiger partial charge < -0.3 is 14.4 Å². The van der Waals surface area contributed by atoms with Crippen LogP contribution in [0.2, 0.25) is 5.02 Å². The van der Waals surface area contributed by atoms with E-state index < -0.39 is 0 Å². The molecular weight excluding hydrogens is 338 g/mol. The average Bonchev–Trinajstić information content (AvgIpc) is 3.45. The third-order valence-corrected chi connectivity index (χ3v) is 4.67. The molecule has 0 heterocycles. The number of halogens is 1. The third-order valence-electron chi connectivity index (χ3n) is 4.42. The first kappa shape index (κ1) is 17.6. The van der Waals surface area contributed by atoms with Gasteiger partial charge in [-0.3, -0.25) is 4.79 Å². The smallest absolute Gasteiger partial charge is 0.261 e. The number of methoxy groups -OCH3 is 1. The van der Waals surface area contributed by atoms with E-state index in [1.54, 1.807) is 13.2 Å². The van der Waals surface area contributed by atoms with E-state index in [0.717, 1.165) is 18.4 Å². The van der Waals surface area contributed by atoms with Gasteiger partial charge in [0.15, 0.2) is 18.1 Å². The number of para-hydroxylation sites is 2. The molecular formula is C20H22ClNO3. The average molecular weight is 360 g/mol. The maximum absolute atomic E-state index is 12.8. The maximum Gasteiger partial charge on any atom is 0.261 e. The minimum atomic E-state index is -0.0177. The van der Waals surface area contributed by atoms with Crippen LogP contribution in [0, 0.1) is 0 Å². The summed E-state index contributed by atoms with van der Waals surface area (Å²) in [7, 11) is 1.59. The number of rotatable bonds is 7. The zero-order valence-corrected chi connectivity index (χ0v) is 15.2. The second-order valence-electron chi connectivity index (χ2n) is 6.20. The molecule has 0 saturated heterocycles. The lowest BCUT2D eigenvalue weighted by Crippen LogP contribution is -2.38. The quantitative estimate of drug-likeness (QED) is 0.731. The molecule has 0 spiro atoms. The lowest BCUT2D eigenvalue weighted by atomic mass is 10.1. The molecule has 0 aromatic heterocycles. The maximum atomic E-state index is 12.8. The van der Waals surface area contributed by atoms with Crippen LogP contribution in [0.1, 0.15) is 31.4 Å². The molecule has 1 atom stereocenters. The first-order valence-corrected chi connectivity index (χ1v) is 8.80. The molecule has 2 aromatic carbocycles. The summed E-state index contributed by atoms with van der Waals surface area (Å²) in [4.78, 5) is 14.7. The highest BCUT2D eigenvalue weighted by molar-refractivity contribution is 6.30. The van der Waals surface area contributed by atoms with Crippen LogP contribution in [0.25, 0.3) is 0 Å². The summed E-state index contributed by atoms with van der Waals surface area (Å²) >= 11 is 5.97. The molecule has 5 heteroatoms. The minimum absolute atomic E-state index is 0.00516. The van der Waals surface area contributed by atoms with Gasteiger partial charge in [0.05, 0.1) is 13.2 Å². The van der Waals surface area contributed by atoms with Gasteiger partial charge in [-0.2, -0.15) is 0 Å². The Labute approximate surface area is 153 Å². The van der Waals surface area contributed by atoms with Crippen LogP contribution < -0.4 is 9.47 Å². The fourth-order valence-corrected chi connectivity index (χ4v) is 3.07. The zero-order valence-electron chi connectivity index (χ0n) is 14.4. The molecule has 1 saturated carbocycles.